The van der Waals surface area contributed by atoms with E-state index in [0.29, 0.717) is 34.5 Å². The van der Waals surface area contributed by atoms with Crippen LogP contribution in [-0.4, -0.2) is 29.1 Å². The van der Waals surface area contributed by atoms with E-state index in [1.165, 1.54) is 0 Å². The molecule has 2 aromatic heterocycles. The van der Waals surface area contributed by atoms with E-state index < -0.39 is 0 Å². The Hall–Kier alpha value is -2.53. The van der Waals surface area contributed by atoms with Crippen molar-refractivity contribution in [2.45, 2.75) is 46.5 Å². The minimum absolute atomic E-state index is 0.317. The van der Waals surface area contributed by atoms with Crippen molar-refractivity contribution in [2.75, 3.05) is 13.7 Å². The number of halogens is 1. The number of fused-ring (bicyclic) bond motifs is 1. The van der Waals surface area contributed by atoms with Gasteiger partial charge in [0.05, 0.1) is 24.4 Å². The number of hydrogen-bond acceptors (Lipinski definition) is 4. The number of imidazole rings is 1. The number of hydrogen-bond donors (Lipinski definition) is 0. The molecule has 6 heteroatoms. The number of carbonyl (C=O) groups excluding carboxylic acids is 1. The van der Waals surface area contributed by atoms with Gasteiger partial charge in [0.15, 0.2) is 5.65 Å². The molecule has 29 heavy (non-hydrogen) atoms. The third-order valence-corrected chi connectivity index (χ3v) is 5.68. The van der Waals surface area contributed by atoms with Gasteiger partial charge in [-0.2, -0.15) is 0 Å². The summed E-state index contributed by atoms with van der Waals surface area (Å²) in [5.74, 6) is 0.688. The van der Waals surface area contributed by atoms with Crippen LogP contribution in [0.25, 0.3) is 16.9 Å². The fraction of sp³-hybridized carbons (Fsp3) is 0.391. The van der Waals surface area contributed by atoms with Crippen LogP contribution in [0.4, 0.5) is 0 Å². The Morgan fingerprint density at radius 2 is 1.93 bits per heavy atom. The van der Waals surface area contributed by atoms with Crippen molar-refractivity contribution in [3.63, 3.8) is 0 Å². The van der Waals surface area contributed by atoms with Gasteiger partial charge in [-0.05, 0) is 62.4 Å². The van der Waals surface area contributed by atoms with Crippen LogP contribution in [0.2, 0.25) is 5.02 Å². The molecule has 0 radical (unpaired) electrons. The number of aromatic nitrogens is 2. The highest BCUT2D eigenvalue weighted by Gasteiger charge is 2.22. The topological polar surface area (TPSA) is 52.8 Å². The second-order valence-corrected chi connectivity index (χ2v) is 7.41. The van der Waals surface area contributed by atoms with Gasteiger partial charge in [0.1, 0.15) is 11.3 Å². The lowest BCUT2D eigenvalue weighted by Gasteiger charge is -2.15. The minimum Gasteiger partial charge on any atom is -0.497 e. The maximum Gasteiger partial charge on any atom is 0.341 e. The van der Waals surface area contributed by atoms with Gasteiger partial charge < -0.3 is 13.9 Å². The summed E-state index contributed by atoms with van der Waals surface area (Å²) in [7, 11) is 1.60. The van der Waals surface area contributed by atoms with Crippen LogP contribution in [0.3, 0.4) is 0 Å². The van der Waals surface area contributed by atoms with Crippen LogP contribution in [0.15, 0.2) is 30.5 Å². The van der Waals surface area contributed by atoms with E-state index in [4.69, 9.17) is 26.1 Å². The van der Waals surface area contributed by atoms with E-state index in [0.717, 1.165) is 35.4 Å². The number of pyridine rings is 1. The van der Waals surface area contributed by atoms with E-state index in [2.05, 4.69) is 20.0 Å². The first-order valence-electron chi connectivity index (χ1n) is 9.98. The predicted molar refractivity (Wildman–Crippen MR) is 116 cm³/mol. The molecule has 0 saturated carbocycles. The summed E-state index contributed by atoms with van der Waals surface area (Å²) < 4.78 is 12.5. The van der Waals surface area contributed by atoms with Gasteiger partial charge in [-0.15, -0.1) is 0 Å². The lowest BCUT2D eigenvalue weighted by molar-refractivity contribution is 0.0528. The monoisotopic (exact) mass is 414 g/mol. The molecule has 154 valence electrons. The van der Waals surface area contributed by atoms with Crippen LogP contribution in [0.5, 0.6) is 5.75 Å². The number of rotatable bonds is 7. The van der Waals surface area contributed by atoms with Crippen molar-refractivity contribution in [1.29, 1.82) is 0 Å². The standard InChI is InChI=1S/C23H27ClN2O3/c1-6-15(7-2)16-11-19(23(27)29-8-3)22-25-21(14(4)26(22)13-16)18-10-9-17(28-5)12-20(18)24/h9-13,15H,6-8H2,1-5H3. The van der Waals surface area contributed by atoms with Crippen molar-refractivity contribution >= 4 is 23.2 Å². The Kier molecular flexibility index (Phi) is 6.48. The second-order valence-electron chi connectivity index (χ2n) is 7.01. The van der Waals surface area contributed by atoms with Crippen LogP contribution >= 0.6 is 11.6 Å². The Morgan fingerprint density at radius 1 is 1.21 bits per heavy atom. The molecule has 1 aromatic carbocycles. The first-order chi connectivity index (χ1) is 13.9. The molecular formula is C23H27ClN2O3. The van der Waals surface area contributed by atoms with Gasteiger partial charge in [-0.3, -0.25) is 0 Å². The van der Waals surface area contributed by atoms with E-state index in [9.17, 15) is 4.79 Å². The molecule has 0 N–H and O–H groups in total. The quantitative estimate of drug-likeness (QED) is 0.441. The molecule has 5 nitrogen and oxygen atoms in total. The molecule has 0 aliphatic rings. The highest BCUT2D eigenvalue weighted by atomic mass is 35.5. The Bertz CT molecular complexity index is 1040. The zero-order valence-corrected chi connectivity index (χ0v) is 18.3. The van der Waals surface area contributed by atoms with E-state index in [1.807, 2.05) is 29.5 Å². The van der Waals surface area contributed by atoms with Gasteiger partial charge in [-0.25, -0.2) is 9.78 Å². The molecule has 0 bridgehead atoms. The van der Waals surface area contributed by atoms with Gasteiger partial charge in [0, 0.05) is 17.5 Å². The molecule has 0 fully saturated rings. The average molecular weight is 415 g/mol. The molecule has 0 amide bonds. The molecule has 2 heterocycles. The molecule has 0 unspecified atom stereocenters. The van der Waals surface area contributed by atoms with Crippen molar-refractivity contribution in [3.8, 4) is 17.0 Å². The first kappa shape index (κ1) is 21.2. The number of carbonyl (C=O) groups is 1. The fourth-order valence-electron chi connectivity index (χ4n) is 3.69. The number of aryl methyl sites for hydroxylation is 1. The van der Waals surface area contributed by atoms with Gasteiger partial charge in [0.2, 0.25) is 0 Å². The fourth-order valence-corrected chi connectivity index (χ4v) is 3.95. The zero-order chi connectivity index (χ0) is 21.1. The molecule has 0 aliphatic carbocycles. The molecular weight excluding hydrogens is 388 g/mol. The Balaban J connectivity index is 2.26. The van der Waals surface area contributed by atoms with Crippen molar-refractivity contribution in [2.24, 2.45) is 0 Å². The number of esters is 1. The molecule has 3 rings (SSSR count). The largest absolute Gasteiger partial charge is 0.497 e. The summed E-state index contributed by atoms with van der Waals surface area (Å²) in [6.45, 7) is 8.43. The molecule has 0 saturated heterocycles. The molecule has 0 spiro atoms. The van der Waals surface area contributed by atoms with Crippen LogP contribution in [-0.2, 0) is 4.74 Å². The zero-order valence-electron chi connectivity index (χ0n) is 17.6. The number of methoxy groups -OCH3 is 1. The van der Waals surface area contributed by atoms with Gasteiger partial charge in [0.25, 0.3) is 0 Å². The smallest absolute Gasteiger partial charge is 0.341 e. The van der Waals surface area contributed by atoms with Crippen LogP contribution < -0.4 is 4.74 Å². The molecule has 3 aromatic rings. The highest BCUT2D eigenvalue weighted by molar-refractivity contribution is 6.33. The normalized spacial score (nSPS) is 11.3. The van der Waals surface area contributed by atoms with Gasteiger partial charge >= 0.3 is 5.97 Å². The second kappa shape index (κ2) is 8.87. The summed E-state index contributed by atoms with van der Waals surface area (Å²) >= 11 is 6.50. The van der Waals surface area contributed by atoms with Crippen molar-refractivity contribution < 1.29 is 14.3 Å². The average Bonchev–Trinajstić information content (AvgIpc) is 3.05. The lowest BCUT2D eigenvalue weighted by Crippen LogP contribution is -2.10. The maximum absolute atomic E-state index is 12.7. The van der Waals surface area contributed by atoms with E-state index >= 15 is 0 Å². The lowest BCUT2D eigenvalue weighted by atomic mass is 9.94. The highest BCUT2D eigenvalue weighted by Crippen LogP contribution is 2.35. The predicted octanol–water partition coefficient (Wildman–Crippen LogP) is 6.05. The molecule has 0 atom stereocenters. The third-order valence-electron chi connectivity index (χ3n) is 5.36. The van der Waals surface area contributed by atoms with Gasteiger partial charge in [-0.1, -0.05) is 25.4 Å². The van der Waals surface area contributed by atoms with Crippen molar-refractivity contribution in [1.82, 2.24) is 9.38 Å². The molecule has 0 aliphatic heterocycles. The summed E-state index contributed by atoms with van der Waals surface area (Å²) in [6.07, 6.45) is 4.07. The Morgan fingerprint density at radius 3 is 2.52 bits per heavy atom. The minimum atomic E-state index is -0.359. The summed E-state index contributed by atoms with van der Waals surface area (Å²) in [5.41, 5.74) is 4.63. The van der Waals surface area contributed by atoms with Crippen LogP contribution in [0.1, 0.15) is 61.1 Å². The first-order valence-corrected chi connectivity index (χ1v) is 10.4. The summed E-state index contributed by atoms with van der Waals surface area (Å²) in [5, 5.41) is 0.550. The van der Waals surface area contributed by atoms with Crippen molar-refractivity contribution in [3.05, 3.63) is 52.3 Å². The maximum atomic E-state index is 12.7. The summed E-state index contributed by atoms with van der Waals surface area (Å²) in [6, 6.07) is 7.44. The number of ether oxygens (including phenoxy) is 2. The SMILES string of the molecule is CCOC(=O)c1cc(C(CC)CC)cn2c(C)c(-c3ccc(OC)cc3Cl)nc12. The van der Waals surface area contributed by atoms with Crippen LogP contribution in [0, 0.1) is 6.92 Å². The Labute approximate surface area is 176 Å². The van der Waals surface area contributed by atoms with E-state index in [-0.39, 0.29) is 5.97 Å². The van der Waals surface area contributed by atoms with E-state index in [1.54, 1.807) is 20.1 Å². The number of nitrogens with zero attached hydrogens (tertiary/aromatic N) is 2. The summed E-state index contributed by atoms with van der Waals surface area (Å²) in [4.78, 5) is 17.5. The third kappa shape index (κ3) is 3.97. The number of benzene rings is 1.